The molecule has 0 fully saturated rings. The molecule has 0 aliphatic carbocycles. The molecule has 2 aromatic heterocycles. The molecule has 0 atom stereocenters. The van der Waals surface area contributed by atoms with E-state index in [1.807, 2.05) is 53.9 Å². The van der Waals surface area contributed by atoms with Crippen LogP contribution in [-0.2, 0) is 6.54 Å². The summed E-state index contributed by atoms with van der Waals surface area (Å²) in [6.45, 7) is 0.419. The average molecular weight is 376 g/mol. The second kappa shape index (κ2) is 7.46. The predicted molar refractivity (Wildman–Crippen MR) is 103 cm³/mol. The summed E-state index contributed by atoms with van der Waals surface area (Å²) in [4.78, 5) is 19.3. The van der Waals surface area contributed by atoms with Crippen LogP contribution in [0.25, 0.3) is 22.0 Å². The number of carbonyl (C=O) groups is 1. The maximum absolute atomic E-state index is 13.0. The normalized spacial score (nSPS) is 10.7. The lowest BCUT2D eigenvalue weighted by atomic mass is 10.1. The summed E-state index contributed by atoms with van der Waals surface area (Å²) in [6.07, 6.45) is 0. The van der Waals surface area contributed by atoms with Gasteiger partial charge in [-0.2, -0.15) is 5.21 Å². The number of aromatic amines is 1. The van der Waals surface area contributed by atoms with E-state index in [0.29, 0.717) is 23.5 Å². The largest absolute Gasteiger partial charge is 0.336 e. The van der Waals surface area contributed by atoms with Crippen LogP contribution in [0.15, 0.2) is 60.0 Å². The Labute approximate surface area is 159 Å². The highest BCUT2D eigenvalue weighted by atomic mass is 32.1. The van der Waals surface area contributed by atoms with Crippen LogP contribution in [0.2, 0.25) is 0 Å². The molecule has 0 aliphatic heterocycles. The molecule has 0 bridgehead atoms. The van der Waals surface area contributed by atoms with E-state index in [1.54, 1.807) is 29.4 Å². The third-order valence-electron chi connectivity index (χ3n) is 4.06. The molecule has 8 heteroatoms. The number of benzene rings is 2. The molecule has 4 aromatic rings. The molecule has 2 heterocycles. The molecule has 27 heavy (non-hydrogen) atoms. The van der Waals surface area contributed by atoms with Crippen LogP contribution in [0.3, 0.4) is 0 Å². The highest BCUT2D eigenvalue weighted by Gasteiger charge is 2.19. The van der Waals surface area contributed by atoms with Crippen molar-refractivity contribution in [3.8, 4) is 22.0 Å². The summed E-state index contributed by atoms with van der Waals surface area (Å²) in [5, 5.41) is 16.9. The molecule has 0 saturated heterocycles. The van der Waals surface area contributed by atoms with Gasteiger partial charge < -0.3 is 4.90 Å². The highest BCUT2D eigenvalue weighted by molar-refractivity contribution is 7.13. The first-order valence-corrected chi connectivity index (χ1v) is 9.18. The summed E-state index contributed by atoms with van der Waals surface area (Å²) >= 11 is 1.57. The van der Waals surface area contributed by atoms with Gasteiger partial charge in [-0.25, -0.2) is 4.98 Å². The Morgan fingerprint density at radius 3 is 2.67 bits per heavy atom. The van der Waals surface area contributed by atoms with Crippen molar-refractivity contribution >= 4 is 17.2 Å². The highest BCUT2D eigenvalue weighted by Crippen LogP contribution is 2.25. The van der Waals surface area contributed by atoms with Gasteiger partial charge in [0.25, 0.3) is 5.91 Å². The molecule has 1 amide bonds. The minimum absolute atomic E-state index is 0.121. The van der Waals surface area contributed by atoms with Crippen molar-refractivity contribution < 1.29 is 4.79 Å². The van der Waals surface area contributed by atoms with E-state index in [4.69, 9.17) is 0 Å². The van der Waals surface area contributed by atoms with E-state index >= 15 is 0 Å². The van der Waals surface area contributed by atoms with Gasteiger partial charge >= 0.3 is 0 Å². The second-order valence-corrected chi connectivity index (χ2v) is 6.81. The zero-order chi connectivity index (χ0) is 18.6. The molecule has 0 spiro atoms. The Morgan fingerprint density at radius 1 is 1.11 bits per heavy atom. The van der Waals surface area contributed by atoms with Crippen LogP contribution >= 0.6 is 11.3 Å². The van der Waals surface area contributed by atoms with Crippen LogP contribution in [0.1, 0.15) is 16.1 Å². The Hall–Kier alpha value is -3.39. The first-order valence-electron chi connectivity index (χ1n) is 8.30. The lowest BCUT2D eigenvalue weighted by molar-refractivity contribution is 0.0784. The van der Waals surface area contributed by atoms with Crippen LogP contribution in [0.5, 0.6) is 0 Å². The first kappa shape index (κ1) is 17.0. The number of tetrazole rings is 1. The van der Waals surface area contributed by atoms with Crippen molar-refractivity contribution in [1.29, 1.82) is 0 Å². The molecule has 134 valence electrons. The van der Waals surface area contributed by atoms with E-state index in [9.17, 15) is 4.79 Å². The third-order valence-corrected chi connectivity index (χ3v) is 5.00. The van der Waals surface area contributed by atoms with Crippen molar-refractivity contribution in [3.63, 3.8) is 0 Å². The van der Waals surface area contributed by atoms with Crippen LogP contribution < -0.4 is 0 Å². The SMILES string of the molecule is CN(Cc1csc(-c2ccccc2)n1)C(=O)c1ccccc1-c1nn[nH]n1. The van der Waals surface area contributed by atoms with Crippen molar-refractivity contribution in [2.45, 2.75) is 6.54 Å². The van der Waals surface area contributed by atoms with Gasteiger partial charge in [-0.1, -0.05) is 48.5 Å². The van der Waals surface area contributed by atoms with E-state index in [1.165, 1.54) is 0 Å². The zero-order valence-corrected chi connectivity index (χ0v) is 15.3. The topological polar surface area (TPSA) is 87.7 Å². The maximum Gasteiger partial charge on any atom is 0.254 e. The second-order valence-electron chi connectivity index (χ2n) is 5.95. The summed E-state index contributed by atoms with van der Waals surface area (Å²) in [6, 6.07) is 17.2. The monoisotopic (exact) mass is 376 g/mol. The van der Waals surface area contributed by atoms with Crippen LogP contribution in [0, 0.1) is 0 Å². The minimum Gasteiger partial charge on any atom is -0.336 e. The van der Waals surface area contributed by atoms with Gasteiger partial charge in [0.05, 0.1) is 17.8 Å². The van der Waals surface area contributed by atoms with Gasteiger partial charge in [0.1, 0.15) is 5.01 Å². The maximum atomic E-state index is 13.0. The number of amides is 1. The average Bonchev–Trinajstić information content (AvgIpc) is 3.40. The van der Waals surface area contributed by atoms with Gasteiger partial charge in [0, 0.05) is 23.6 Å². The molecule has 2 aromatic carbocycles. The van der Waals surface area contributed by atoms with Crippen LogP contribution in [0.4, 0.5) is 0 Å². The fraction of sp³-hybridized carbons (Fsp3) is 0.105. The number of hydrogen-bond donors (Lipinski definition) is 1. The molecule has 0 aliphatic rings. The summed E-state index contributed by atoms with van der Waals surface area (Å²) in [7, 11) is 1.76. The number of aromatic nitrogens is 5. The van der Waals surface area contributed by atoms with Gasteiger partial charge in [0.15, 0.2) is 0 Å². The molecule has 7 nitrogen and oxygen atoms in total. The van der Waals surface area contributed by atoms with E-state index < -0.39 is 0 Å². The fourth-order valence-corrected chi connectivity index (χ4v) is 3.57. The zero-order valence-electron chi connectivity index (χ0n) is 14.5. The lowest BCUT2D eigenvalue weighted by Gasteiger charge is -2.17. The minimum atomic E-state index is -0.121. The lowest BCUT2D eigenvalue weighted by Crippen LogP contribution is -2.27. The number of nitrogens with zero attached hydrogens (tertiary/aromatic N) is 5. The standard InChI is InChI=1S/C19H16N6OS/c1-25(11-14-12-27-18(20-14)13-7-3-2-4-8-13)19(26)16-10-6-5-9-15(16)17-21-23-24-22-17/h2-10,12H,11H2,1H3,(H,21,22,23,24). The molecular formula is C19H16N6OS. The Kier molecular flexibility index (Phi) is 4.71. The Bertz CT molecular complexity index is 1050. The van der Waals surface area contributed by atoms with Crippen molar-refractivity contribution in [2.24, 2.45) is 0 Å². The van der Waals surface area contributed by atoms with Gasteiger partial charge in [-0.15, -0.1) is 21.5 Å². The molecule has 0 radical (unpaired) electrons. The molecule has 4 rings (SSSR count). The van der Waals surface area contributed by atoms with Gasteiger partial charge in [-0.05, 0) is 11.3 Å². The quantitative estimate of drug-likeness (QED) is 0.578. The van der Waals surface area contributed by atoms with E-state index in [2.05, 4.69) is 25.6 Å². The number of H-pyrrole nitrogens is 1. The van der Waals surface area contributed by atoms with Crippen molar-refractivity contribution in [1.82, 2.24) is 30.5 Å². The summed E-state index contributed by atoms with van der Waals surface area (Å²) in [5.74, 6) is 0.275. The Morgan fingerprint density at radius 2 is 1.89 bits per heavy atom. The van der Waals surface area contributed by atoms with Crippen molar-refractivity contribution in [2.75, 3.05) is 7.05 Å². The first-order chi connectivity index (χ1) is 13.2. The molecule has 1 N–H and O–H groups in total. The van der Waals surface area contributed by atoms with Crippen molar-refractivity contribution in [3.05, 3.63) is 71.2 Å². The molecule has 0 unspecified atom stereocenters. The van der Waals surface area contributed by atoms with Gasteiger partial charge in [-0.3, -0.25) is 4.79 Å². The summed E-state index contributed by atoms with van der Waals surface area (Å²) in [5.41, 5.74) is 3.10. The number of thiazole rings is 1. The molecular weight excluding hydrogens is 360 g/mol. The van der Waals surface area contributed by atoms with E-state index in [0.717, 1.165) is 16.3 Å². The number of carbonyl (C=O) groups excluding carboxylic acids is 1. The fourth-order valence-electron chi connectivity index (χ4n) is 2.75. The smallest absolute Gasteiger partial charge is 0.254 e. The Balaban J connectivity index is 1.54. The summed E-state index contributed by atoms with van der Waals surface area (Å²) < 4.78 is 0. The molecule has 0 saturated carbocycles. The predicted octanol–water partition coefficient (Wildman–Crippen LogP) is 3.26. The third kappa shape index (κ3) is 3.61. The van der Waals surface area contributed by atoms with Crippen LogP contribution in [-0.4, -0.2) is 43.5 Å². The number of hydrogen-bond acceptors (Lipinski definition) is 6. The van der Waals surface area contributed by atoms with Gasteiger partial charge in [0.2, 0.25) is 5.82 Å². The number of rotatable bonds is 5. The number of nitrogens with one attached hydrogen (secondary N) is 1. The van der Waals surface area contributed by atoms with E-state index in [-0.39, 0.29) is 5.91 Å².